The molecule has 160 valence electrons. The fourth-order valence-electron chi connectivity index (χ4n) is 4.93. The fraction of sp³-hybridized carbons (Fsp3) is 0.478. The van der Waals surface area contributed by atoms with Crippen LogP contribution in [0.2, 0.25) is 5.02 Å². The van der Waals surface area contributed by atoms with Gasteiger partial charge in [-0.1, -0.05) is 17.7 Å². The Bertz CT molecular complexity index is 922. The molecule has 0 amide bonds. The van der Waals surface area contributed by atoms with Crippen molar-refractivity contribution in [1.82, 2.24) is 4.90 Å². The zero-order valence-electron chi connectivity index (χ0n) is 16.9. The highest BCUT2D eigenvalue weighted by Crippen LogP contribution is 2.40. The molecule has 30 heavy (non-hydrogen) atoms. The Balaban J connectivity index is 1.22. The van der Waals surface area contributed by atoms with Gasteiger partial charge in [0.15, 0.2) is 11.5 Å². The maximum absolute atomic E-state index is 10.7. The summed E-state index contributed by atoms with van der Waals surface area (Å²) in [6.45, 7) is 3.08. The number of aliphatic hydroxyl groups is 1. The van der Waals surface area contributed by atoms with Gasteiger partial charge >= 0.3 is 0 Å². The van der Waals surface area contributed by atoms with Crippen LogP contribution in [0.15, 0.2) is 36.4 Å². The Morgan fingerprint density at radius 2 is 1.87 bits per heavy atom. The molecular weight excluding hydrogens is 406 g/mol. The number of fused-ring (bicyclic) bond motifs is 2. The number of methoxy groups -OCH3 is 1. The van der Waals surface area contributed by atoms with E-state index in [1.54, 1.807) is 7.11 Å². The molecule has 2 aliphatic heterocycles. The van der Waals surface area contributed by atoms with E-state index in [1.165, 1.54) is 5.56 Å². The van der Waals surface area contributed by atoms with Crippen molar-refractivity contribution in [2.45, 2.75) is 31.6 Å². The molecule has 5 rings (SSSR count). The SMILES string of the molecule is COc1cc(CN2C[C@H]3C[C@@H](Oc4ccc5c(c4)OCO5)[C@H](O)C[C@H]3C2)ccc1Cl. The van der Waals surface area contributed by atoms with Gasteiger partial charge in [0.2, 0.25) is 6.79 Å². The number of nitrogens with zero attached hydrogens (tertiary/aromatic N) is 1. The van der Waals surface area contributed by atoms with Crippen LogP contribution in [-0.2, 0) is 6.54 Å². The third-order valence-corrected chi connectivity index (χ3v) is 6.73. The summed E-state index contributed by atoms with van der Waals surface area (Å²) in [5.74, 6) is 3.86. The third kappa shape index (κ3) is 3.92. The van der Waals surface area contributed by atoms with Crippen LogP contribution >= 0.6 is 11.6 Å². The van der Waals surface area contributed by atoms with E-state index < -0.39 is 6.10 Å². The lowest BCUT2D eigenvalue weighted by molar-refractivity contribution is -0.0232. The lowest BCUT2D eigenvalue weighted by atomic mass is 9.78. The van der Waals surface area contributed by atoms with Crippen molar-refractivity contribution in [2.24, 2.45) is 11.8 Å². The molecule has 4 atom stereocenters. The van der Waals surface area contributed by atoms with E-state index in [2.05, 4.69) is 4.90 Å². The summed E-state index contributed by atoms with van der Waals surface area (Å²) >= 11 is 6.15. The molecule has 1 aliphatic carbocycles. The molecule has 0 unspecified atom stereocenters. The van der Waals surface area contributed by atoms with Crippen molar-refractivity contribution in [1.29, 1.82) is 0 Å². The molecule has 2 heterocycles. The van der Waals surface area contributed by atoms with E-state index in [9.17, 15) is 5.11 Å². The van der Waals surface area contributed by atoms with Crippen molar-refractivity contribution < 1.29 is 24.1 Å². The topological polar surface area (TPSA) is 60.4 Å². The summed E-state index contributed by atoms with van der Waals surface area (Å²) in [5.41, 5.74) is 1.18. The van der Waals surface area contributed by atoms with Crippen LogP contribution in [0.5, 0.6) is 23.0 Å². The Hall–Kier alpha value is -2.15. The number of aliphatic hydroxyl groups excluding tert-OH is 1. The second-order valence-electron chi connectivity index (χ2n) is 8.39. The number of ether oxygens (including phenoxy) is 4. The Morgan fingerprint density at radius 1 is 1.07 bits per heavy atom. The summed E-state index contributed by atoms with van der Waals surface area (Å²) in [6, 6.07) is 11.5. The lowest BCUT2D eigenvalue weighted by Crippen LogP contribution is -2.42. The first kappa shape index (κ1) is 19.8. The van der Waals surface area contributed by atoms with Crippen LogP contribution in [0.25, 0.3) is 0 Å². The number of hydrogen-bond donors (Lipinski definition) is 1. The molecule has 2 aromatic carbocycles. The minimum absolute atomic E-state index is 0.206. The first-order chi connectivity index (χ1) is 14.6. The maximum atomic E-state index is 10.7. The van der Waals surface area contributed by atoms with Gasteiger partial charge in [0, 0.05) is 25.7 Å². The molecule has 1 saturated carbocycles. The van der Waals surface area contributed by atoms with Gasteiger partial charge < -0.3 is 24.1 Å². The van der Waals surface area contributed by atoms with Crippen molar-refractivity contribution in [3.8, 4) is 23.0 Å². The molecule has 2 fully saturated rings. The molecule has 0 bridgehead atoms. The first-order valence-corrected chi connectivity index (χ1v) is 10.8. The van der Waals surface area contributed by atoms with E-state index >= 15 is 0 Å². The molecule has 1 saturated heterocycles. The van der Waals surface area contributed by atoms with E-state index in [0.717, 1.165) is 38.2 Å². The molecule has 1 N–H and O–H groups in total. The summed E-state index contributed by atoms with van der Waals surface area (Å²) in [7, 11) is 1.64. The average molecular weight is 432 g/mol. The lowest BCUT2D eigenvalue weighted by Gasteiger charge is -2.35. The van der Waals surface area contributed by atoms with E-state index in [0.29, 0.717) is 34.1 Å². The van der Waals surface area contributed by atoms with Gasteiger partial charge in [-0.3, -0.25) is 4.90 Å². The monoisotopic (exact) mass is 431 g/mol. The van der Waals surface area contributed by atoms with Gasteiger partial charge in [0.05, 0.1) is 18.2 Å². The summed E-state index contributed by atoms with van der Waals surface area (Å²) < 4.78 is 22.3. The van der Waals surface area contributed by atoms with Crippen LogP contribution in [0.3, 0.4) is 0 Å². The van der Waals surface area contributed by atoms with Crippen LogP contribution in [-0.4, -0.2) is 49.2 Å². The molecule has 7 heteroatoms. The highest BCUT2D eigenvalue weighted by atomic mass is 35.5. The van der Waals surface area contributed by atoms with E-state index in [1.807, 2.05) is 36.4 Å². The number of hydrogen-bond acceptors (Lipinski definition) is 6. The third-order valence-electron chi connectivity index (χ3n) is 6.41. The van der Waals surface area contributed by atoms with Gasteiger partial charge in [-0.05, 0) is 54.5 Å². The molecule has 6 nitrogen and oxygen atoms in total. The summed E-state index contributed by atoms with van der Waals surface area (Å²) in [5, 5.41) is 11.3. The van der Waals surface area contributed by atoms with Gasteiger partial charge in [-0.15, -0.1) is 0 Å². The Morgan fingerprint density at radius 3 is 2.70 bits per heavy atom. The molecule has 0 radical (unpaired) electrons. The highest BCUT2D eigenvalue weighted by molar-refractivity contribution is 6.32. The van der Waals surface area contributed by atoms with Gasteiger partial charge in [0.1, 0.15) is 17.6 Å². The van der Waals surface area contributed by atoms with Crippen LogP contribution in [0, 0.1) is 11.8 Å². The van der Waals surface area contributed by atoms with E-state index in [4.69, 9.17) is 30.5 Å². The predicted molar refractivity (Wildman–Crippen MR) is 112 cm³/mol. The molecule has 0 spiro atoms. The Kier molecular flexibility index (Phi) is 5.39. The van der Waals surface area contributed by atoms with Gasteiger partial charge in [-0.2, -0.15) is 0 Å². The second-order valence-corrected chi connectivity index (χ2v) is 8.80. The van der Waals surface area contributed by atoms with Crippen molar-refractivity contribution >= 4 is 11.6 Å². The quantitative estimate of drug-likeness (QED) is 0.778. The fourth-order valence-corrected chi connectivity index (χ4v) is 5.12. The van der Waals surface area contributed by atoms with Crippen LogP contribution < -0.4 is 18.9 Å². The van der Waals surface area contributed by atoms with Crippen LogP contribution in [0.4, 0.5) is 0 Å². The summed E-state index contributed by atoms with van der Waals surface area (Å²) in [6.07, 6.45) is 0.940. The van der Waals surface area contributed by atoms with Gasteiger partial charge in [0.25, 0.3) is 0 Å². The number of halogens is 1. The van der Waals surface area contributed by atoms with E-state index in [-0.39, 0.29) is 12.9 Å². The van der Waals surface area contributed by atoms with Crippen LogP contribution in [0.1, 0.15) is 18.4 Å². The Labute approximate surface area is 181 Å². The molecule has 3 aliphatic rings. The summed E-state index contributed by atoms with van der Waals surface area (Å²) in [4.78, 5) is 2.45. The minimum Gasteiger partial charge on any atom is -0.495 e. The predicted octanol–water partition coefficient (Wildman–Crippen LogP) is 3.73. The highest BCUT2D eigenvalue weighted by Gasteiger charge is 2.42. The normalized spacial score (nSPS) is 27.7. The smallest absolute Gasteiger partial charge is 0.231 e. The zero-order valence-corrected chi connectivity index (χ0v) is 17.7. The molecular formula is C23H26ClNO5. The maximum Gasteiger partial charge on any atom is 0.231 e. The first-order valence-electron chi connectivity index (χ1n) is 10.4. The van der Waals surface area contributed by atoms with Gasteiger partial charge in [-0.25, -0.2) is 0 Å². The van der Waals surface area contributed by atoms with Crippen molar-refractivity contribution in [3.05, 3.63) is 47.0 Å². The van der Waals surface area contributed by atoms with Crippen molar-refractivity contribution in [3.63, 3.8) is 0 Å². The number of rotatable bonds is 5. The standard InChI is InChI=1S/C23H26ClNO5/c1-27-21-6-14(2-4-18(21)24)10-25-11-15-7-19(26)22(8-16(15)12-25)30-17-3-5-20-23(9-17)29-13-28-20/h2-6,9,15-16,19,22,26H,7-8,10-13H2,1H3/t15-,16+,19+,22+/m0/s1. The molecule has 2 aromatic rings. The second kappa shape index (κ2) is 8.17. The number of benzene rings is 2. The number of likely N-dealkylation sites (tertiary alicyclic amines) is 1. The molecule has 0 aromatic heterocycles. The largest absolute Gasteiger partial charge is 0.495 e. The van der Waals surface area contributed by atoms with Crippen molar-refractivity contribution in [2.75, 3.05) is 27.0 Å². The average Bonchev–Trinajstić information content (AvgIpc) is 3.35. The minimum atomic E-state index is -0.466. The zero-order chi connectivity index (χ0) is 20.7.